The van der Waals surface area contributed by atoms with Gasteiger partial charge in [0, 0.05) is 6.07 Å². The van der Waals surface area contributed by atoms with E-state index in [-0.39, 0.29) is 0 Å². The van der Waals surface area contributed by atoms with Crippen LogP contribution in [0.3, 0.4) is 0 Å². The van der Waals surface area contributed by atoms with Crippen molar-refractivity contribution in [3.8, 4) is 11.5 Å². The van der Waals surface area contributed by atoms with Gasteiger partial charge < -0.3 is 18.3 Å². The maximum absolute atomic E-state index is 11.5. The molecule has 5 nitrogen and oxygen atoms in total. The lowest BCUT2D eigenvalue weighted by molar-refractivity contribution is 0.367. The van der Waals surface area contributed by atoms with Gasteiger partial charge in [0.05, 0.1) is 24.1 Å². The Morgan fingerprint density at radius 3 is 2.64 bits per heavy atom. The topological polar surface area (TPSA) is 61.8 Å². The van der Waals surface area contributed by atoms with Crippen LogP contribution in [0.1, 0.15) is 13.8 Å². The standard InChI is InChI=1S/C17H16O5/c1-10(2)6-8-20-14-11-4-5-13(18)22-16(11)17(19-3)15-12(14)7-9-21-15/h4-7,9H,8H2,1-3H3. The molecule has 0 N–H and O–H groups in total. The molecule has 0 aliphatic rings. The molecule has 0 fully saturated rings. The van der Waals surface area contributed by atoms with Crippen LogP contribution in [0.4, 0.5) is 0 Å². The zero-order valence-corrected chi connectivity index (χ0v) is 12.6. The van der Waals surface area contributed by atoms with E-state index >= 15 is 0 Å². The predicted octanol–water partition coefficient (Wildman–Crippen LogP) is 3.89. The van der Waals surface area contributed by atoms with Crippen LogP contribution in [0.15, 0.2) is 49.7 Å². The van der Waals surface area contributed by atoms with Crippen molar-refractivity contribution < 1.29 is 18.3 Å². The second-order valence-electron chi connectivity index (χ2n) is 5.12. The summed E-state index contributed by atoms with van der Waals surface area (Å²) in [6, 6.07) is 4.84. The summed E-state index contributed by atoms with van der Waals surface area (Å²) in [5.41, 5.74) is 1.53. The van der Waals surface area contributed by atoms with E-state index in [0.717, 1.165) is 11.0 Å². The van der Waals surface area contributed by atoms with Crippen molar-refractivity contribution >= 4 is 21.9 Å². The highest BCUT2D eigenvalue weighted by Crippen LogP contribution is 2.42. The number of allylic oxidation sites excluding steroid dienone is 1. The number of ether oxygens (including phenoxy) is 2. The van der Waals surface area contributed by atoms with E-state index in [2.05, 4.69) is 0 Å². The van der Waals surface area contributed by atoms with Crippen LogP contribution in [0.2, 0.25) is 0 Å². The molecule has 2 heterocycles. The van der Waals surface area contributed by atoms with Gasteiger partial charge in [-0.25, -0.2) is 4.79 Å². The summed E-state index contributed by atoms with van der Waals surface area (Å²) in [6.07, 6.45) is 3.53. The smallest absolute Gasteiger partial charge is 0.336 e. The highest BCUT2D eigenvalue weighted by molar-refractivity contribution is 6.06. The third-order valence-corrected chi connectivity index (χ3v) is 3.32. The number of fused-ring (bicyclic) bond motifs is 2. The summed E-state index contributed by atoms with van der Waals surface area (Å²) in [6.45, 7) is 4.42. The van der Waals surface area contributed by atoms with Crippen molar-refractivity contribution in [3.05, 3.63) is 46.5 Å². The Bertz CT molecular complexity index is 910. The number of benzene rings is 1. The maximum atomic E-state index is 11.5. The number of furan rings is 1. The molecule has 3 rings (SSSR count). The Kier molecular flexibility index (Phi) is 3.63. The molecule has 0 atom stereocenters. The molecular weight excluding hydrogens is 284 g/mol. The van der Waals surface area contributed by atoms with Gasteiger partial charge in [0.1, 0.15) is 12.4 Å². The lowest BCUT2D eigenvalue weighted by atomic mass is 10.1. The van der Waals surface area contributed by atoms with E-state index in [1.807, 2.05) is 19.9 Å². The molecule has 0 unspecified atom stereocenters. The second-order valence-corrected chi connectivity index (χ2v) is 5.12. The lowest BCUT2D eigenvalue weighted by Crippen LogP contribution is -2.00. The van der Waals surface area contributed by atoms with Gasteiger partial charge in [0.25, 0.3) is 0 Å². The van der Waals surface area contributed by atoms with Crippen molar-refractivity contribution in [1.82, 2.24) is 0 Å². The summed E-state index contributed by atoms with van der Waals surface area (Å²) >= 11 is 0. The van der Waals surface area contributed by atoms with Crippen LogP contribution in [0, 0.1) is 0 Å². The van der Waals surface area contributed by atoms with Crippen LogP contribution >= 0.6 is 0 Å². The minimum atomic E-state index is -0.452. The fourth-order valence-electron chi connectivity index (χ4n) is 2.31. The zero-order valence-electron chi connectivity index (χ0n) is 12.6. The van der Waals surface area contributed by atoms with E-state index in [1.54, 1.807) is 18.4 Å². The second kappa shape index (κ2) is 5.60. The van der Waals surface area contributed by atoms with Crippen LogP contribution in [0.25, 0.3) is 21.9 Å². The molecule has 1 aromatic carbocycles. The Morgan fingerprint density at radius 2 is 1.91 bits per heavy atom. The van der Waals surface area contributed by atoms with E-state index in [1.165, 1.54) is 13.2 Å². The molecule has 0 aliphatic heterocycles. The average molecular weight is 300 g/mol. The zero-order chi connectivity index (χ0) is 15.7. The van der Waals surface area contributed by atoms with Crippen molar-refractivity contribution in [1.29, 1.82) is 0 Å². The molecule has 0 amide bonds. The number of methoxy groups -OCH3 is 1. The minimum Gasteiger partial charge on any atom is -0.490 e. The Hall–Kier alpha value is -2.69. The maximum Gasteiger partial charge on any atom is 0.336 e. The molecular formula is C17H16O5. The summed E-state index contributed by atoms with van der Waals surface area (Å²) in [5.74, 6) is 1.00. The summed E-state index contributed by atoms with van der Waals surface area (Å²) in [5, 5.41) is 1.45. The molecule has 0 spiro atoms. The van der Waals surface area contributed by atoms with Crippen LogP contribution in [0.5, 0.6) is 11.5 Å². The fourth-order valence-corrected chi connectivity index (χ4v) is 2.31. The van der Waals surface area contributed by atoms with Gasteiger partial charge in [0.15, 0.2) is 11.2 Å². The first-order valence-electron chi connectivity index (χ1n) is 6.89. The molecule has 0 bridgehead atoms. The van der Waals surface area contributed by atoms with Gasteiger partial charge in [0.2, 0.25) is 5.75 Å². The number of hydrogen-bond donors (Lipinski definition) is 0. The third-order valence-electron chi connectivity index (χ3n) is 3.32. The van der Waals surface area contributed by atoms with Crippen molar-refractivity contribution in [2.75, 3.05) is 13.7 Å². The molecule has 3 aromatic rings. The largest absolute Gasteiger partial charge is 0.490 e. The molecule has 5 heteroatoms. The SMILES string of the molecule is COc1c2occc2c(OCC=C(C)C)c2ccc(=O)oc12. The first-order valence-corrected chi connectivity index (χ1v) is 6.89. The van der Waals surface area contributed by atoms with Crippen LogP contribution in [-0.2, 0) is 0 Å². The van der Waals surface area contributed by atoms with Crippen molar-refractivity contribution in [3.63, 3.8) is 0 Å². The Balaban J connectivity index is 2.30. The highest BCUT2D eigenvalue weighted by Gasteiger charge is 2.20. The summed E-state index contributed by atoms with van der Waals surface area (Å²) in [4.78, 5) is 11.5. The molecule has 0 saturated carbocycles. The Morgan fingerprint density at radius 1 is 1.14 bits per heavy atom. The Labute approximate surface area is 126 Å². The van der Waals surface area contributed by atoms with Gasteiger partial charge in [-0.3, -0.25) is 0 Å². The number of hydrogen-bond acceptors (Lipinski definition) is 5. The molecule has 2 aromatic heterocycles. The molecule has 0 radical (unpaired) electrons. The number of rotatable bonds is 4. The van der Waals surface area contributed by atoms with Crippen LogP contribution < -0.4 is 15.1 Å². The fraction of sp³-hybridized carbons (Fsp3) is 0.235. The van der Waals surface area contributed by atoms with Gasteiger partial charge in [-0.1, -0.05) is 5.57 Å². The monoisotopic (exact) mass is 300 g/mol. The lowest BCUT2D eigenvalue weighted by Gasteiger charge is -2.11. The van der Waals surface area contributed by atoms with Gasteiger partial charge in [-0.05, 0) is 32.1 Å². The van der Waals surface area contributed by atoms with Crippen molar-refractivity contribution in [2.24, 2.45) is 0 Å². The quantitative estimate of drug-likeness (QED) is 0.540. The normalized spacial score (nSPS) is 10.9. The summed E-state index contributed by atoms with van der Waals surface area (Å²) < 4.78 is 22.0. The molecule has 0 aliphatic carbocycles. The van der Waals surface area contributed by atoms with E-state index in [4.69, 9.17) is 18.3 Å². The van der Waals surface area contributed by atoms with E-state index in [0.29, 0.717) is 34.7 Å². The first-order chi connectivity index (χ1) is 10.6. The van der Waals surface area contributed by atoms with E-state index in [9.17, 15) is 4.79 Å². The van der Waals surface area contributed by atoms with Gasteiger partial charge in [-0.2, -0.15) is 0 Å². The average Bonchev–Trinajstić information content (AvgIpc) is 2.95. The molecule has 114 valence electrons. The minimum absolute atomic E-state index is 0.324. The highest BCUT2D eigenvalue weighted by atomic mass is 16.5. The first kappa shape index (κ1) is 14.3. The molecule has 0 saturated heterocycles. The third kappa shape index (κ3) is 2.35. The predicted molar refractivity (Wildman–Crippen MR) is 83.7 cm³/mol. The molecule has 22 heavy (non-hydrogen) atoms. The summed E-state index contributed by atoms with van der Waals surface area (Å²) in [7, 11) is 1.51. The van der Waals surface area contributed by atoms with E-state index < -0.39 is 5.63 Å². The van der Waals surface area contributed by atoms with Gasteiger partial charge in [-0.15, -0.1) is 0 Å². The van der Waals surface area contributed by atoms with Crippen molar-refractivity contribution in [2.45, 2.75) is 13.8 Å². The van der Waals surface area contributed by atoms with Crippen LogP contribution in [-0.4, -0.2) is 13.7 Å². The van der Waals surface area contributed by atoms with Gasteiger partial charge >= 0.3 is 5.63 Å².